The normalized spacial score (nSPS) is 10.6. The quantitative estimate of drug-likeness (QED) is 0.877. The van der Waals surface area contributed by atoms with Crippen LogP contribution in [0.25, 0.3) is 0 Å². The summed E-state index contributed by atoms with van der Waals surface area (Å²) in [6, 6.07) is 11.8. The maximum Gasteiger partial charge on any atom is 0.117 e. The average molecular weight is 236 g/mol. The predicted octanol–water partition coefficient (Wildman–Crippen LogP) is 3.53. The summed E-state index contributed by atoms with van der Waals surface area (Å²) in [5.74, 6) is 1.91. The first-order valence-electron chi connectivity index (χ1n) is 5.24. The summed E-state index contributed by atoms with van der Waals surface area (Å²) in [7, 11) is 0. The van der Waals surface area contributed by atoms with E-state index in [0.717, 1.165) is 29.6 Å². The van der Waals surface area contributed by atoms with Gasteiger partial charge in [-0.2, -0.15) is 0 Å². The van der Waals surface area contributed by atoms with Crippen LogP contribution in [-0.4, -0.2) is 0 Å². The smallest absolute Gasteiger partial charge is 0.117 e. The summed E-state index contributed by atoms with van der Waals surface area (Å²) in [6.45, 7) is 3.51. The van der Waals surface area contributed by atoms with Gasteiger partial charge in [0.1, 0.15) is 11.5 Å². The molecule has 0 spiro atoms. The fourth-order valence-corrected chi connectivity index (χ4v) is 1.64. The van der Waals surface area contributed by atoms with Gasteiger partial charge in [-0.15, -0.1) is 0 Å². The molecule has 16 heavy (non-hydrogen) atoms. The summed E-state index contributed by atoms with van der Waals surface area (Å²) in [4.78, 5) is 0. The highest BCUT2D eigenvalue weighted by atomic mass is 35.5. The summed E-state index contributed by atoms with van der Waals surface area (Å²) in [6.07, 6.45) is 0. The molecule has 0 radical (unpaired) electrons. The van der Waals surface area contributed by atoms with Gasteiger partial charge in [0.25, 0.3) is 0 Å². The van der Waals surface area contributed by atoms with Crippen molar-refractivity contribution in [2.45, 2.75) is 20.0 Å². The van der Waals surface area contributed by atoms with Crippen LogP contribution in [0.1, 0.15) is 17.1 Å². The number of aryl methyl sites for hydroxylation is 1. The van der Waals surface area contributed by atoms with E-state index in [4.69, 9.17) is 16.0 Å². The first-order chi connectivity index (χ1) is 7.74. The lowest BCUT2D eigenvalue weighted by atomic mass is 10.2. The van der Waals surface area contributed by atoms with Crippen molar-refractivity contribution in [3.05, 3.63) is 58.5 Å². The van der Waals surface area contributed by atoms with E-state index in [9.17, 15) is 0 Å². The Bertz CT molecular complexity index is 447. The molecule has 2 aromatic rings. The predicted molar refractivity (Wildman–Crippen MR) is 65.4 cm³/mol. The Labute approximate surface area is 100 Å². The van der Waals surface area contributed by atoms with E-state index in [1.807, 2.05) is 43.3 Å². The number of benzene rings is 1. The Morgan fingerprint density at radius 1 is 1.06 bits per heavy atom. The van der Waals surface area contributed by atoms with Crippen LogP contribution < -0.4 is 5.32 Å². The SMILES string of the molecule is Cc1ccc(CNCc2ccc(Cl)cc2)o1. The van der Waals surface area contributed by atoms with Gasteiger partial charge < -0.3 is 9.73 Å². The minimum absolute atomic E-state index is 0.746. The molecular formula is C13H14ClNO. The number of rotatable bonds is 4. The van der Waals surface area contributed by atoms with Crippen LogP contribution in [-0.2, 0) is 13.1 Å². The molecule has 0 fully saturated rings. The molecular weight excluding hydrogens is 222 g/mol. The molecule has 0 aliphatic carbocycles. The van der Waals surface area contributed by atoms with Crippen LogP contribution in [0.5, 0.6) is 0 Å². The molecule has 1 heterocycles. The summed E-state index contributed by atoms with van der Waals surface area (Å²) < 4.78 is 5.46. The third kappa shape index (κ3) is 3.12. The van der Waals surface area contributed by atoms with Crippen molar-refractivity contribution in [1.29, 1.82) is 0 Å². The molecule has 1 aromatic carbocycles. The van der Waals surface area contributed by atoms with Gasteiger partial charge in [0.15, 0.2) is 0 Å². The van der Waals surface area contributed by atoms with E-state index in [1.165, 1.54) is 5.56 Å². The van der Waals surface area contributed by atoms with E-state index < -0.39 is 0 Å². The van der Waals surface area contributed by atoms with Crippen molar-refractivity contribution in [3.8, 4) is 0 Å². The molecule has 0 saturated carbocycles. The molecule has 3 heteroatoms. The van der Waals surface area contributed by atoms with Crippen molar-refractivity contribution < 1.29 is 4.42 Å². The van der Waals surface area contributed by atoms with E-state index in [2.05, 4.69) is 5.32 Å². The Balaban J connectivity index is 1.82. The second kappa shape index (κ2) is 5.19. The lowest BCUT2D eigenvalue weighted by molar-refractivity contribution is 0.462. The molecule has 0 unspecified atom stereocenters. The lowest BCUT2D eigenvalue weighted by Gasteiger charge is -2.03. The monoisotopic (exact) mass is 235 g/mol. The Hall–Kier alpha value is -1.25. The minimum Gasteiger partial charge on any atom is -0.465 e. The highest BCUT2D eigenvalue weighted by Crippen LogP contribution is 2.10. The third-order valence-electron chi connectivity index (χ3n) is 2.34. The largest absolute Gasteiger partial charge is 0.465 e. The van der Waals surface area contributed by atoms with E-state index >= 15 is 0 Å². The molecule has 0 bridgehead atoms. The topological polar surface area (TPSA) is 25.2 Å². The Morgan fingerprint density at radius 3 is 2.44 bits per heavy atom. The summed E-state index contributed by atoms with van der Waals surface area (Å²) in [5, 5.41) is 4.08. The van der Waals surface area contributed by atoms with Gasteiger partial charge in [0.2, 0.25) is 0 Å². The first kappa shape index (κ1) is 11.2. The zero-order chi connectivity index (χ0) is 11.4. The summed E-state index contributed by atoms with van der Waals surface area (Å²) in [5.41, 5.74) is 1.22. The fourth-order valence-electron chi connectivity index (χ4n) is 1.51. The van der Waals surface area contributed by atoms with Crippen LogP contribution in [0.15, 0.2) is 40.8 Å². The van der Waals surface area contributed by atoms with Gasteiger partial charge in [-0.25, -0.2) is 0 Å². The second-order valence-corrected chi connectivity index (χ2v) is 4.18. The zero-order valence-electron chi connectivity index (χ0n) is 9.16. The van der Waals surface area contributed by atoms with Crippen molar-refractivity contribution in [1.82, 2.24) is 5.32 Å². The fraction of sp³-hybridized carbons (Fsp3) is 0.231. The van der Waals surface area contributed by atoms with E-state index in [1.54, 1.807) is 0 Å². The standard InChI is InChI=1S/C13H14ClNO/c1-10-2-7-13(16-10)9-15-8-11-3-5-12(14)6-4-11/h2-7,15H,8-9H2,1H3. The van der Waals surface area contributed by atoms with Gasteiger partial charge >= 0.3 is 0 Å². The minimum atomic E-state index is 0.746. The van der Waals surface area contributed by atoms with Gasteiger partial charge in [-0.1, -0.05) is 23.7 Å². The van der Waals surface area contributed by atoms with Gasteiger partial charge in [0, 0.05) is 11.6 Å². The van der Waals surface area contributed by atoms with Crippen molar-refractivity contribution in [2.24, 2.45) is 0 Å². The Kier molecular flexibility index (Phi) is 3.65. The molecule has 84 valence electrons. The number of hydrogen-bond donors (Lipinski definition) is 1. The molecule has 0 atom stereocenters. The van der Waals surface area contributed by atoms with Crippen LogP contribution in [0.2, 0.25) is 5.02 Å². The van der Waals surface area contributed by atoms with Crippen molar-refractivity contribution in [2.75, 3.05) is 0 Å². The lowest BCUT2D eigenvalue weighted by Crippen LogP contribution is -2.11. The molecule has 1 N–H and O–H groups in total. The first-order valence-corrected chi connectivity index (χ1v) is 5.62. The highest BCUT2D eigenvalue weighted by Gasteiger charge is 1.98. The highest BCUT2D eigenvalue weighted by molar-refractivity contribution is 6.30. The van der Waals surface area contributed by atoms with E-state index in [0.29, 0.717) is 0 Å². The van der Waals surface area contributed by atoms with Gasteiger partial charge in [-0.3, -0.25) is 0 Å². The van der Waals surface area contributed by atoms with Crippen molar-refractivity contribution >= 4 is 11.6 Å². The molecule has 0 saturated heterocycles. The molecule has 0 aliphatic rings. The molecule has 2 nitrogen and oxygen atoms in total. The molecule has 0 aliphatic heterocycles. The Morgan fingerprint density at radius 2 is 1.81 bits per heavy atom. The van der Waals surface area contributed by atoms with Gasteiger partial charge in [-0.05, 0) is 36.8 Å². The van der Waals surface area contributed by atoms with Crippen LogP contribution in [0.3, 0.4) is 0 Å². The van der Waals surface area contributed by atoms with Gasteiger partial charge in [0.05, 0.1) is 6.54 Å². The van der Waals surface area contributed by atoms with Crippen LogP contribution >= 0.6 is 11.6 Å². The number of furan rings is 1. The number of halogens is 1. The van der Waals surface area contributed by atoms with Crippen LogP contribution in [0, 0.1) is 6.92 Å². The third-order valence-corrected chi connectivity index (χ3v) is 2.59. The number of nitrogens with one attached hydrogen (secondary N) is 1. The summed E-state index contributed by atoms with van der Waals surface area (Å²) >= 11 is 5.81. The molecule has 2 rings (SSSR count). The van der Waals surface area contributed by atoms with Crippen LogP contribution in [0.4, 0.5) is 0 Å². The number of hydrogen-bond acceptors (Lipinski definition) is 2. The maximum atomic E-state index is 5.81. The van der Waals surface area contributed by atoms with E-state index in [-0.39, 0.29) is 0 Å². The second-order valence-electron chi connectivity index (χ2n) is 3.74. The average Bonchev–Trinajstić information content (AvgIpc) is 2.67. The van der Waals surface area contributed by atoms with Crippen molar-refractivity contribution in [3.63, 3.8) is 0 Å². The molecule has 0 amide bonds. The zero-order valence-corrected chi connectivity index (χ0v) is 9.92. The molecule has 1 aromatic heterocycles. The maximum absolute atomic E-state index is 5.81.